The normalized spacial score (nSPS) is 23.3. The van der Waals surface area contributed by atoms with Crippen molar-refractivity contribution in [3.05, 3.63) is 0 Å². The Bertz CT molecular complexity index is 285. The van der Waals surface area contributed by atoms with Crippen molar-refractivity contribution in [2.45, 2.75) is 64.5 Å². The lowest BCUT2D eigenvalue weighted by Gasteiger charge is -2.43. The molecule has 0 spiro atoms. The van der Waals surface area contributed by atoms with Gasteiger partial charge >= 0.3 is 0 Å². The van der Waals surface area contributed by atoms with Gasteiger partial charge in [-0.25, -0.2) is 0 Å². The van der Waals surface area contributed by atoms with Crippen molar-refractivity contribution in [3.8, 4) is 0 Å². The molecular formula is C17H34N2O2. The number of aliphatic hydroxyl groups excluding tert-OH is 1. The monoisotopic (exact) mass is 298 g/mol. The van der Waals surface area contributed by atoms with Gasteiger partial charge in [-0.3, -0.25) is 4.90 Å². The van der Waals surface area contributed by atoms with E-state index >= 15 is 0 Å². The highest BCUT2D eigenvalue weighted by atomic mass is 16.5. The Morgan fingerprint density at radius 3 is 2.48 bits per heavy atom. The third kappa shape index (κ3) is 5.20. The first kappa shape index (κ1) is 17.2. The van der Waals surface area contributed by atoms with Gasteiger partial charge in [-0.1, -0.05) is 26.7 Å². The zero-order valence-electron chi connectivity index (χ0n) is 13.9. The summed E-state index contributed by atoms with van der Waals surface area (Å²) in [6, 6.07) is 1.22. The molecular weight excluding hydrogens is 264 g/mol. The molecule has 1 aliphatic carbocycles. The van der Waals surface area contributed by atoms with Crippen LogP contribution in [0.5, 0.6) is 0 Å². The predicted octanol–water partition coefficient (Wildman–Crippen LogP) is 2.02. The largest absolute Gasteiger partial charge is 0.395 e. The smallest absolute Gasteiger partial charge is 0.0558 e. The fourth-order valence-electron chi connectivity index (χ4n) is 3.84. The molecule has 0 unspecified atom stereocenters. The summed E-state index contributed by atoms with van der Waals surface area (Å²) in [5, 5.41) is 13.1. The van der Waals surface area contributed by atoms with Gasteiger partial charge < -0.3 is 15.2 Å². The number of ether oxygens (including phenoxy) is 1. The van der Waals surface area contributed by atoms with E-state index in [1.54, 1.807) is 0 Å². The summed E-state index contributed by atoms with van der Waals surface area (Å²) in [4.78, 5) is 2.57. The fourth-order valence-corrected chi connectivity index (χ4v) is 3.84. The second kappa shape index (κ2) is 8.47. The minimum absolute atomic E-state index is 0.278. The number of rotatable bonds is 8. The summed E-state index contributed by atoms with van der Waals surface area (Å²) in [6.45, 7) is 9.50. The van der Waals surface area contributed by atoms with Crippen LogP contribution in [0, 0.1) is 5.41 Å². The molecule has 0 radical (unpaired) electrons. The van der Waals surface area contributed by atoms with Crippen molar-refractivity contribution in [2.24, 2.45) is 5.41 Å². The van der Waals surface area contributed by atoms with Crippen LogP contribution in [0.15, 0.2) is 0 Å². The van der Waals surface area contributed by atoms with E-state index in [1.165, 1.54) is 25.7 Å². The molecule has 2 aliphatic rings. The maximum Gasteiger partial charge on any atom is 0.0558 e. The van der Waals surface area contributed by atoms with Crippen molar-refractivity contribution < 1.29 is 9.84 Å². The van der Waals surface area contributed by atoms with Crippen LogP contribution >= 0.6 is 0 Å². The predicted molar refractivity (Wildman–Crippen MR) is 86.5 cm³/mol. The zero-order valence-corrected chi connectivity index (χ0v) is 13.9. The first-order valence-electron chi connectivity index (χ1n) is 8.81. The van der Waals surface area contributed by atoms with Crippen LogP contribution < -0.4 is 5.32 Å². The third-order valence-electron chi connectivity index (χ3n) is 5.21. The van der Waals surface area contributed by atoms with E-state index in [-0.39, 0.29) is 6.61 Å². The molecule has 2 N–H and O–H groups in total. The molecule has 0 amide bonds. The summed E-state index contributed by atoms with van der Waals surface area (Å²) in [5.74, 6) is 0. The van der Waals surface area contributed by atoms with E-state index in [1.807, 2.05) is 0 Å². The Labute approximate surface area is 130 Å². The SMILES string of the molecule is CC(C)NCC1(CN(CCO)C2CCCC2)CCOCC1. The average molecular weight is 298 g/mol. The Morgan fingerprint density at radius 1 is 1.24 bits per heavy atom. The first-order valence-corrected chi connectivity index (χ1v) is 8.81. The average Bonchev–Trinajstić information content (AvgIpc) is 3.00. The van der Waals surface area contributed by atoms with Gasteiger partial charge in [0, 0.05) is 44.9 Å². The molecule has 4 heteroatoms. The summed E-state index contributed by atoms with van der Waals surface area (Å²) < 4.78 is 5.60. The van der Waals surface area contributed by atoms with E-state index < -0.39 is 0 Å². The number of nitrogens with zero attached hydrogens (tertiary/aromatic N) is 1. The number of nitrogens with one attached hydrogen (secondary N) is 1. The summed E-state index contributed by atoms with van der Waals surface area (Å²) in [7, 11) is 0. The quantitative estimate of drug-likeness (QED) is 0.719. The Morgan fingerprint density at radius 2 is 1.90 bits per heavy atom. The minimum Gasteiger partial charge on any atom is -0.395 e. The van der Waals surface area contributed by atoms with Crippen LogP contribution in [-0.4, -0.2) is 61.5 Å². The van der Waals surface area contributed by atoms with Crippen LogP contribution in [0.2, 0.25) is 0 Å². The van der Waals surface area contributed by atoms with Crippen LogP contribution in [0.4, 0.5) is 0 Å². The second-order valence-corrected chi connectivity index (χ2v) is 7.28. The minimum atomic E-state index is 0.278. The standard InChI is InChI=1S/C17H34N2O2/c1-15(2)18-13-17(7-11-21-12-8-17)14-19(9-10-20)16-5-3-4-6-16/h15-16,18,20H,3-14H2,1-2H3. The van der Waals surface area contributed by atoms with Gasteiger partial charge in [-0.15, -0.1) is 0 Å². The highest BCUT2D eigenvalue weighted by molar-refractivity contribution is 4.90. The van der Waals surface area contributed by atoms with E-state index in [2.05, 4.69) is 24.1 Å². The van der Waals surface area contributed by atoms with Crippen LogP contribution in [0.1, 0.15) is 52.4 Å². The van der Waals surface area contributed by atoms with Crippen molar-refractivity contribution in [3.63, 3.8) is 0 Å². The van der Waals surface area contributed by atoms with Crippen molar-refractivity contribution in [1.82, 2.24) is 10.2 Å². The summed E-state index contributed by atoms with van der Waals surface area (Å²) >= 11 is 0. The van der Waals surface area contributed by atoms with Gasteiger partial charge in [0.1, 0.15) is 0 Å². The summed E-state index contributed by atoms with van der Waals surface area (Å²) in [6.07, 6.45) is 7.61. The number of hydrogen-bond donors (Lipinski definition) is 2. The number of hydrogen-bond acceptors (Lipinski definition) is 4. The molecule has 124 valence electrons. The molecule has 1 aliphatic heterocycles. The Hall–Kier alpha value is -0.160. The van der Waals surface area contributed by atoms with Gasteiger partial charge in [0.25, 0.3) is 0 Å². The molecule has 0 bridgehead atoms. The third-order valence-corrected chi connectivity index (χ3v) is 5.21. The molecule has 21 heavy (non-hydrogen) atoms. The molecule has 0 aromatic rings. The van der Waals surface area contributed by atoms with Crippen molar-refractivity contribution >= 4 is 0 Å². The molecule has 4 nitrogen and oxygen atoms in total. The molecule has 1 saturated heterocycles. The number of aliphatic hydroxyl groups is 1. The van der Waals surface area contributed by atoms with E-state index in [0.717, 1.165) is 45.7 Å². The second-order valence-electron chi connectivity index (χ2n) is 7.28. The lowest BCUT2D eigenvalue weighted by Crippen LogP contribution is -2.51. The molecule has 0 aromatic heterocycles. The maximum absolute atomic E-state index is 9.45. The molecule has 2 rings (SSSR count). The van der Waals surface area contributed by atoms with Crippen LogP contribution in [0.3, 0.4) is 0 Å². The van der Waals surface area contributed by atoms with E-state index in [4.69, 9.17) is 4.74 Å². The van der Waals surface area contributed by atoms with E-state index in [0.29, 0.717) is 17.5 Å². The van der Waals surface area contributed by atoms with Crippen LogP contribution in [-0.2, 0) is 4.74 Å². The highest BCUT2D eigenvalue weighted by Gasteiger charge is 2.36. The highest BCUT2D eigenvalue weighted by Crippen LogP contribution is 2.34. The van der Waals surface area contributed by atoms with Gasteiger partial charge in [0.15, 0.2) is 0 Å². The van der Waals surface area contributed by atoms with Gasteiger partial charge in [0.05, 0.1) is 6.61 Å². The summed E-state index contributed by atoms with van der Waals surface area (Å²) in [5.41, 5.74) is 0.320. The van der Waals surface area contributed by atoms with Gasteiger partial charge in [0.2, 0.25) is 0 Å². The molecule has 1 heterocycles. The molecule has 0 atom stereocenters. The topological polar surface area (TPSA) is 44.7 Å². The lowest BCUT2D eigenvalue weighted by atomic mass is 9.79. The lowest BCUT2D eigenvalue weighted by molar-refractivity contribution is -0.0151. The van der Waals surface area contributed by atoms with Gasteiger partial charge in [-0.05, 0) is 31.1 Å². The molecule has 1 saturated carbocycles. The Kier molecular flexibility index (Phi) is 6.93. The van der Waals surface area contributed by atoms with Crippen molar-refractivity contribution in [1.29, 1.82) is 0 Å². The molecule has 0 aromatic carbocycles. The first-order chi connectivity index (χ1) is 10.2. The Balaban J connectivity index is 1.99. The zero-order chi connectivity index (χ0) is 15.1. The maximum atomic E-state index is 9.45. The fraction of sp³-hybridized carbons (Fsp3) is 1.00. The van der Waals surface area contributed by atoms with Crippen LogP contribution in [0.25, 0.3) is 0 Å². The molecule has 2 fully saturated rings. The van der Waals surface area contributed by atoms with E-state index in [9.17, 15) is 5.11 Å². The van der Waals surface area contributed by atoms with Crippen molar-refractivity contribution in [2.75, 3.05) is 39.5 Å². The van der Waals surface area contributed by atoms with Gasteiger partial charge in [-0.2, -0.15) is 0 Å².